The highest BCUT2D eigenvalue weighted by atomic mass is 127. The van der Waals surface area contributed by atoms with E-state index < -0.39 is 0 Å². The van der Waals surface area contributed by atoms with Crippen LogP contribution in [0.2, 0.25) is 0 Å². The van der Waals surface area contributed by atoms with Gasteiger partial charge in [-0.05, 0) is 63.0 Å². The third kappa shape index (κ3) is 1.57. The molecule has 0 radical (unpaired) electrons. The third-order valence-corrected chi connectivity index (χ3v) is 4.27. The van der Waals surface area contributed by atoms with Crippen LogP contribution in [0.25, 0.3) is 10.1 Å². The molecule has 74 valence electrons. The number of hydrogen-bond acceptors (Lipinski definition) is 2. The molecule has 0 aliphatic carbocycles. The number of thiophene rings is 1. The lowest BCUT2D eigenvalue weighted by molar-refractivity contribution is 0.282. The number of rotatable bonds is 2. The van der Waals surface area contributed by atoms with Gasteiger partial charge in [0.15, 0.2) is 0 Å². The second kappa shape index (κ2) is 4.16. The molecule has 0 saturated carbocycles. The van der Waals surface area contributed by atoms with Crippen molar-refractivity contribution in [1.82, 2.24) is 0 Å². The molecule has 1 aromatic heterocycles. The number of aliphatic hydroxyl groups excluding tert-OH is 1. The molecule has 0 aliphatic heterocycles. The molecule has 0 saturated heterocycles. The summed E-state index contributed by atoms with van der Waals surface area (Å²) in [6.45, 7) is 2.28. The van der Waals surface area contributed by atoms with Crippen molar-refractivity contribution >= 4 is 44.0 Å². The van der Waals surface area contributed by atoms with Crippen LogP contribution in [0.4, 0.5) is 0 Å². The predicted molar refractivity (Wildman–Crippen MR) is 69.8 cm³/mol. The summed E-state index contributed by atoms with van der Waals surface area (Å²) in [6, 6.07) is 4.30. The minimum absolute atomic E-state index is 0.146. The molecule has 1 nitrogen and oxygen atoms in total. The van der Waals surface area contributed by atoms with Crippen LogP contribution in [-0.4, -0.2) is 5.11 Å². The topological polar surface area (TPSA) is 20.2 Å². The van der Waals surface area contributed by atoms with Gasteiger partial charge in [0.05, 0.1) is 6.61 Å². The highest BCUT2D eigenvalue weighted by Gasteiger charge is 2.10. The average Bonchev–Trinajstić information content (AvgIpc) is 2.62. The first-order chi connectivity index (χ1) is 6.77. The molecular weight excluding hydrogens is 307 g/mol. The second-order valence-corrected chi connectivity index (χ2v) is 5.27. The van der Waals surface area contributed by atoms with Gasteiger partial charge in [-0.3, -0.25) is 0 Å². The van der Waals surface area contributed by atoms with Gasteiger partial charge < -0.3 is 5.11 Å². The summed E-state index contributed by atoms with van der Waals surface area (Å²) in [6.07, 6.45) is 0.986. The Hall–Kier alpha value is -0.130. The minimum atomic E-state index is 0.146. The zero-order valence-electron chi connectivity index (χ0n) is 7.88. The second-order valence-electron chi connectivity index (χ2n) is 3.16. The Morgan fingerprint density at radius 3 is 2.86 bits per heavy atom. The lowest BCUT2D eigenvalue weighted by atomic mass is 10.0. The number of benzene rings is 1. The van der Waals surface area contributed by atoms with Crippen molar-refractivity contribution < 1.29 is 5.11 Å². The Bertz CT molecular complexity index is 462. The van der Waals surface area contributed by atoms with Crippen LogP contribution in [0.15, 0.2) is 17.5 Å². The molecule has 2 aromatic rings. The van der Waals surface area contributed by atoms with E-state index in [1.165, 1.54) is 19.2 Å². The predicted octanol–water partition coefficient (Wildman–Crippen LogP) is 3.56. The maximum absolute atomic E-state index is 9.39. The highest BCUT2D eigenvalue weighted by molar-refractivity contribution is 14.1. The number of halogens is 1. The largest absolute Gasteiger partial charge is 0.392 e. The van der Waals surface area contributed by atoms with Crippen LogP contribution in [0, 0.1) is 3.57 Å². The van der Waals surface area contributed by atoms with Crippen LogP contribution in [0.3, 0.4) is 0 Å². The van der Waals surface area contributed by atoms with Crippen molar-refractivity contribution in [2.75, 3.05) is 0 Å². The summed E-state index contributed by atoms with van der Waals surface area (Å²) < 4.78 is 2.54. The van der Waals surface area contributed by atoms with Crippen LogP contribution in [0.1, 0.15) is 18.1 Å². The molecule has 2 rings (SSSR count). The van der Waals surface area contributed by atoms with Gasteiger partial charge in [0, 0.05) is 8.27 Å². The van der Waals surface area contributed by atoms with Gasteiger partial charge in [-0.15, -0.1) is 11.3 Å². The van der Waals surface area contributed by atoms with E-state index in [9.17, 15) is 5.11 Å². The normalized spacial score (nSPS) is 11.1. The standard InChI is InChI=1S/C11H11IOS/c1-2-7-9(6-13)8-3-4-14-11(8)5-10(7)12/h3-5,13H,2,6H2,1H3. The zero-order chi connectivity index (χ0) is 10.1. The van der Waals surface area contributed by atoms with Crippen molar-refractivity contribution in [3.63, 3.8) is 0 Å². The molecule has 1 aromatic carbocycles. The number of aliphatic hydroxyl groups is 1. The van der Waals surface area contributed by atoms with Gasteiger partial charge in [-0.25, -0.2) is 0 Å². The molecule has 3 heteroatoms. The Morgan fingerprint density at radius 1 is 1.43 bits per heavy atom. The van der Waals surface area contributed by atoms with Crippen molar-refractivity contribution in [2.45, 2.75) is 20.0 Å². The third-order valence-electron chi connectivity index (χ3n) is 2.44. The Kier molecular flexibility index (Phi) is 3.09. The van der Waals surface area contributed by atoms with Crippen LogP contribution in [0.5, 0.6) is 0 Å². The maximum atomic E-state index is 9.39. The quantitative estimate of drug-likeness (QED) is 0.840. The van der Waals surface area contributed by atoms with Gasteiger partial charge in [0.25, 0.3) is 0 Å². The molecule has 1 N–H and O–H groups in total. The molecular formula is C11H11IOS. The first-order valence-corrected chi connectivity index (χ1v) is 6.52. The SMILES string of the molecule is CCc1c(I)cc2sccc2c1CO. The molecule has 0 spiro atoms. The fourth-order valence-electron chi connectivity index (χ4n) is 1.75. The van der Waals surface area contributed by atoms with E-state index in [4.69, 9.17) is 0 Å². The first-order valence-electron chi connectivity index (χ1n) is 4.56. The van der Waals surface area contributed by atoms with E-state index >= 15 is 0 Å². The van der Waals surface area contributed by atoms with Crippen LogP contribution in [-0.2, 0) is 13.0 Å². The molecule has 0 unspecified atom stereocenters. The maximum Gasteiger partial charge on any atom is 0.0691 e. The summed E-state index contributed by atoms with van der Waals surface area (Å²) in [7, 11) is 0. The van der Waals surface area contributed by atoms with Crippen molar-refractivity contribution in [3.05, 3.63) is 32.2 Å². The van der Waals surface area contributed by atoms with E-state index in [0.29, 0.717) is 0 Å². The average molecular weight is 318 g/mol. The summed E-state index contributed by atoms with van der Waals surface area (Å²) in [5, 5.41) is 12.7. The van der Waals surface area contributed by atoms with Gasteiger partial charge >= 0.3 is 0 Å². The van der Waals surface area contributed by atoms with Gasteiger partial charge in [0.1, 0.15) is 0 Å². The minimum Gasteiger partial charge on any atom is -0.392 e. The lowest BCUT2D eigenvalue weighted by Crippen LogP contribution is -1.96. The Morgan fingerprint density at radius 2 is 2.21 bits per heavy atom. The summed E-state index contributed by atoms with van der Waals surface area (Å²) in [5.74, 6) is 0. The lowest BCUT2D eigenvalue weighted by Gasteiger charge is -2.09. The van der Waals surface area contributed by atoms with E-state index in [1.54, 1.807) is 11.3 Å². The van der Waals surface area contributed by atoms with Crippen LogP contribution < -0.4 is 0 Å². The van der Waals surface area contributed by atoms with E-state index in [1.807, 2.05) is 0 Å². The van der Waals surface area contributed by atoms with E-state index in [-0.39, 0.29) is 6.61 Å². The van der Waals surface area contributed by atoms with Crippen molar-refractivity contribution in [3.8, 4) is 0 Å². The smallest absolute Gasteiger partial charge is 0.0691 e. The molecule has 0 bridgehead atoms. The monoisotopic (exact) mass is 318 g/mol. The molecule has 0 aliphatic rings. The van der Waals surface area contributed by atoms with Gasteiger partial charge in [0.2, 0.25) is 0 Å². The molecule has 0 fully saturated rings. The fourth-order valence-corrected chi connectivity index (χ4v) is 3.84. The Balaban J connectivity index is 2.82. The number of hydrogen-bond donors (Lipinski definition) is 1. The molecule has 14 heavy (non-hydrogen) atoms. The van der Waals surface area contributed by atoms with Gasteiger partial charge in [-0.1, -0.05) is 6.92 Å². The zero-order valence-corrected chi connectivity index (χ0v) is 10.9. The van der Waals surface area contributed by atoms with E-state index in [2.05, 4.69) is 47.0 Å². The van der Waals surface area contributed by atoms with Gasteiger partial charge in [-0.2, -0.15) is 0 Å². The summed E-state index contributed by atoms with van der Waals surface area (Å²) in [4.78, 5) is 0. The fraction of sp³-hybridized carbons (Fsp3) is 0.273. The molecule has 1 heterocycles. The summed E-state index contributed by atoms with van der Waals surface area (Å²) >= 11 is 4.08. The number of fused-ring (bicyclic) bond motifs is 1. The first kappa shape index (κ1) is 10.4. The Labute approximate surface area is 101 Å². The molecule has 0 amide bonds. The van der Waals surface area contributed by atoms with E-state index in [0.717, 1.165) is 12.0 Å². The van der Waals surface area contributed by atoms with Crippen molar-refractivity contribution in [2.24, 2.45) is 0 Å². The van der Waals surface area contributed by atoms with Crippen molar-refractivity contribution in [1.29, 1.82) is 0 Å². The summed E-state index contributed by atoms with van der Waals surface area (Å²) in [5.41, 5.74) is 2.40. The molecule has 0 atom stereocenters. The van der Waals surface area contributed by atoms with Crippen LogP contribution >= 0.6 is 33.9 Å². The highest BCUT2D eigenvalue weighted by Crippen LogP contribution is 2.31.